The predicted molar refractivity (Wildman–Crippen MR) is 51.7 cm³/mol. The van der Waals surface area contributed by atoms with Gasteiger partial charge in [-0.1, -0.05) is 6.92 Å². The normalized spacial score (nSPS) is 12.4. The smallest absolute Gasteiger partial charge is 0.241 e. The third kappa shape index (κ3) is 8.11. The van der Waals surface area contributed by atoms with E-state index in [1.165, 1.54) is 0 Å². The highest BCUT2D eigenvalue weighted by Gasteiger charge is 2.12. The van der Waals surface area contributed by atoms with Gasteiger partial charge in [0.05, 0.1) is 6.26 Å². The molecule has 0 aliphatic carbocycles. The fourth-order valence-corrected chi connectivity index (χ4v) is 1.27. The van der Waals surface area contributed by atoms with Crippen LogP contribution in [0.2, 0.25) is 19.6 Å². The predicted octanol–water partition coefficient (Wildman–Crippen LogP) is 3.06. The Labute approximate surface area is 69.0 Å². The van der Waals surface area contributed by atoms with Crippen LogP contribution in [0.25, 0.3) is 0 Å². The molecule has 0 radical (unpaired) electrons. The van der Waals surface area contributed by atoms with Gasteiger partial charge in [0.2, 0.25) is 8.32 Å². The molecule has 60 valence electrons. The second-order valence-corrected chi connectivity index (χ2v) is 8.60. The number of hydrogen-bond acceptors (Lipinski definition) is 2. The van der Waals surface area contributed by atoms with E-state index in [-0.39, 0.29) is 0 Å². The standard InChI is InChI=1S/C7H16OSSi/c1-5-9-7-6-8-10(2,3)4/h6-7H,5H2,1-4H3. The molecule has 0 fully saturated rings. The van der Waals surface area contributed by atoms with E-state index >= 15 is 0 Å². The van der Waals surface area contributed by atoms with Crippen LogP contribution in [0.4, 0.5) is 0 Å². The minimum absolute atomic E-state index is 1.12. The Morgan fingerprint density at radius 3 is 2.40 bits per heavy atom. The van der Waals surface area contributed by atoms with Crippen molar-refractivity contribution in [2.75, 3.05) is 5.75 Å². The molecule has 0 saturated carbocycles. The van der Waals surface area contributed by atoms with Gasteiger partial charge < -0.3 is 4.43 Å². The summed E-state index contributed by atoms with van der Waals surface area (Å²) in [6, 6.07) is 0. The maximum Gasteiger partial charge on any atom is 0.241 e. The highest BCUT2D eigenvalue weighted by molar-refractivity contribution is 8.02. The molecule has 0 aromatic rings. The maximum absolute atomic E-state index is 5.47. The monoisotopic (exact) mass is 176 g/mol. The molecular formula is C7H16OSSi. The van der Waals surface area contributed by atoms with E-state index in [1.54, 1.807) is 11.8 Å². The van der Waals surface area contributed by atoms with Crippen molar-refractivity contribution in [2.24, 2.45) is 0 Å². The second-order valence-electron chi connectivity index (χ2n) is 2.96. The molecule has 0 aliphatic rings. The second kappa shape index (κ2) is 4.85. The van der Waals surface area contributed by atoms with E-state index in [2.05, 4.69) is 26.6 Å². The Kier molecular flexibility index (Phi) is 4.90. The zero-order valence-electron chi connectivity index (χ0n) is 7.18. The molecule has 0 unspecified atom stereocenters. The van der Waals surface area contributed by atoms with E-state index in [0.29, 0.717) is 0 Å². The van der Waals surface area contributed by atoms with E-state index < -0.39 is 8.32 Å². The summed E-state index contributed by atoms with van der Waals surface area (Å²) in [4.78, 5) is 0. The van der Waals surface area contributed by atoms with Crippen LogP contribution < -0.4 is 0 Å². The van der Waals surface area contributed by atoms with Crippen LogP contribution in [0.5, 0.6) is 0 Å². The Morgan fingerprint density at radius 1 is 1.40 bits per heavy atom. The minimum Gasteiger partial charge on any atom is -0.549 e. The van der Waals surface area contributed by atoms with E-state index in [4.69, 9.17) is 4.43 Å². The first-order valence-electron chi connectivity index (χ1n) is 3.50. The van der Waals surface area contributed by atoms with E-state index in [9.17, 15) is 0 Å². The molecular weight excluding hydrogens is 160 g/mol. The zero-order chi connectivity index (χ0) is 8.04. The Bertz CT molecular complexity index is 107. The molecule has 0 saturated heterocycles. The van der Waals surface area contributed by atoms with Crippen LogP contribution in [0, 0.1) is 0 Å². The molecule has 1 nitrogen and oxygen atoms in total. The van der Waals surface area contributed by atoms with Gasteiger partial charge in [0, 0.05) is 5.41 Å². The molecule has 0 atom stereocenters. The highest BCUT2D eigenvalue weighted by atomic mass is 32.2. The summed E-state index contributed by atoms with van der Waals surface area (Å²) in [5.74, 6) is 1.12. The molecule has 0 heterocycles. The van der Waals surface area contributed by atoms with Crippen molar-refractivity contribution in [1.82, 2.24) is 0 Å². The fraction of sp³-hybridized carbons (Fsp3) is 0.714. The van der Waals surface area contributed by atoms with Gasteiger partial charge >= 0.3 is 0 Å². The van der Waals surface area contributed by atoms with Crippen molar-refractivity contribution < 1.29 is 4.43 Å². The third-order valence-electron chi connectivity index (χ3n) is 0.740. The average Bonchev–Trinajstić information content (AvgIpc) is 1.78. The first kappa shape index (κ1) is 10.1. The Hall–Kier alpha value is 0.107. The summed E-state index contributed by atoms with van der Waals surface area (Å²) in [7, 11) is -1.31. The van der Waals surface area contributed by atoms with Gasteiger partial charge in [0.1, 0.15) is 0 Å². The summed E-state index contributed by atoms with van der Waals surface area (Å²) in [5, 5.41) is 2.01. The lowest BCUT2D eigenvalue weighted by Gasteiger charge is -2.14. The molecule has 10 heavy (non-hydrogen) atoms. The van der Waals surface area contributed by atoms with Gasteiger partial charge in [-0.2, -0.15) is 0 Å². The van der Waals surface area contributed by atoms with E-state index in [0.717, 1.165) is 5.75 Å². The summed E-state index contributed by atoms with van der Waals surface area (Å²) >= 11 is 1.77. The van der Waals surface area contributed by atoms with Crippen LogP contribution in [0.3, 0.4) is 0 Å². The first-order chi connectivity index (χ1) is 4.56. The van der Waals surface area contributed by atoms with Crippen molar-refractivity contribution in [3.05, 3.63) is 11.7 Å². The van der Waals surface area contributed by atoms with Crippen LogP contribution >= 0.6 is 11.8 Å². The van der Waals surface area contributed by atoms with Crippen molar-refractivity contribution in [2.45, 2.75) is 26.6 Å². The van der Waals surface area contributed by atoms with Gasteiger partial charge in [-0.25, -0.2) is 0 Å². The van der Waals surface area contributed by atoms with Crippen molar-refractivity contribution in [3.63, 3.8) is 0 Å². The molecule has 0 aliphatic heterocycles. The van der Waals surface area contributed by atoms with Crippen LogP contribution in [-0.2, 0) is 4.43 Å². The van der Waals surface area contributed by atoms with Gasteiger partial charge in [-0.05, 0) is 25.4 Å². The summed E-state index contributed by atoms with van der Waals surface area (Å²) < 4.78 is 5.47. The first-order valence-corrected chi connectivity index (χ1v) is 7.96. The third-order valence-corrected chi connectivity index (χ3v) is 2.22. The number of rotatable bonds is 4. The minimum atomic E-state index is -1.31. The summed E-state index contributed by atoms with van der Waals surface area (Å²) in [6.07, 6.45) is 1.82. The zero-order valence-corrected chi connectivity index (χ0v) is 8.99. The van der Waals surface area contributed by atoms with Gasteiger partial charge in [0.15, 0.2) is 0 Å². The molecule has 0 aromatic heterocycles. The lowest BCUT2D eigenvalue weighted by molar-refractivity contribution is 0.481. The van der Waals surface area contributed by atoms with Gasteiger partial charge in [-0.3, -0.25) is 0 Å². The van der Waals surface area contributed by atoms with E-state index in [1.807, 2.05) is 11.7 Å². The average molecular weight is 176 g/mol. The van der Waals surface area contributed by atoms with Crippen LogP contribution in [-0.4, -0.2) is 14.1 Å². The highest BCUT2D eigenvalue weighted by Crippen LogP contribution is 2.06. The fourth-order valence-electron chi connectivity index (χ4n) is 0.367. The summed E-state index contributed by atoms with van der Waals surface area (Å²) in [5.41, 5.74) is 0. The summed E-state index contributed by atoms with van der Waals surface area (Å²) in [6.45, 7) is 8.65. The number of thioether (sulfide) groups is 1. The van der Waals surface area contributed by atoms with Crippen LogP contribution in [0.15, 0.2) is 11.7 Å². The molecule has 3 heteroatoms. The largest absolute Gasteiger partial charge is 0.549 e. The van der Waals surface area contributed by atoms with Crippen molar-refractivity contribution in [3.8, 4) is 0 Å². The lowest BCUT2D eigenvalue weighted by Crippen LogP contribution is -2.21. The Balaban J connectivity index is 3.34. The molecule has 0 amide bonds. The van der Waals surface area contributed by atoms with Crippen molar-refractivity contribution >= 4 is 20.1 Å². The van der Waals surface area contributed by atoms with Gasteiger partial charge in [0.25, 0.3) is 0 Å². The molecule has 0 bridgehead atoms. The topological polar surface area (TPSA) is 9.23 Å². The SMILES string of the molecule is CCSC=CO[Si](C)(C)C. The maximum atomic E-state index is 5.47. The molecule has 0 spiro atoms. The quantitative estimate of drug-likeness (QED) is 0.481. The lowest BCUT2D eigenvalue weighted by atomic mass is 11.0. The Morgan fingerprint density at radius 2 is 2.00 bits per heavy atom. The molecule has 0 aromatic carbocycles. The molecule has 0 N–H and O–H groups in total. The van der Waals surface area contributed by atoms with Crippen LogP contribution in [0.1, 0.15) is 6.92 Å². The number of hydrogen-bond donors (Lipinski definition) is 0. The molecule has 0 rings (SSSR count). The van der Waals surface area contributed by atoms with Crippen molar-refractivity contribution in [1.29, 1.82) is 0 Å². The van der Waals surface area contributed by atoms with Gasteiger partial charge in [-0.15, -0.1) is 11.8 Å².